The first-order valence-corrected chi connectivity index (χ1v) is 15.8. The van der Waals surface area contributed by atoms with Crippen molar-refractivity contribution in [2.45, 2.75) is 69.1 Å². The highest BCUT2D eigenvalue weighted by atomic mass is 19.1. The van der Waals surface area contributed by atoms with Crippen molar-refractivity contribution >= 4 is 22.6 Å². The van der Waals surface area contributed by atoms with Crippen LogP contribution >= 0.6 is 0 Å². The van der Waals surface area contributed by atoms with Gasteiger partial charge in [0, 0.05) is 56.8 Å². The average molecular weight is 615 g/mol. The number of nitriles is 1. The number of piperazine rings is 1. The van der Waals surface area contributed by atoms with Crippen LogP contribution < -0.4 is 9.64 Å². The number of carbonyl (C=O) groups is 1. The third-order valence-corrected chi connectivity index (χ3v) is 9.97. The van der Waals surface area contributed by atoms with Crippen molar-refractivity contribution in [2.75, 3.05) is 44.2 Å². The van der Waals surface area contributed by atoms with Gasteiger partial charge in [0.15, 0.2) is 5.82 Å². The molecule has 3 aromatic rings. The summed E-state index contributed by atoms with van der Waals surface area (Å²) >= 11 is 0. The fourth-order valence-corrected chi connectivity index (χ4v) is 7.76. The number of fused-ring (bicyclic) bond motifs is 3. The molecule has 234 valence electrons. The van der Waals surface area contributed by atoms with Gasteiger partial charge in [0.2, 0.25) is 5.91 Å². The van der Waals surface area contributed by atoms with E-state index < -0.39 is 23.6 Å². The summed E-state index contributed by atoms with van der Waals surface area (Å²) < 4.78 is 37.4. The first kappa shape index (κ1) is 29.5. The van der Waals surface area contributed by atoms with Crippen molar-refractivity contribution in [1.82, 2.24) is 29.7 Å². The second kappa shape index (κ2) is 11.9. The predicted octanol–water partition coefficient (Wildman–Crippen LogP) is 4.18. The Hall–Kier alpha value is -4.24. The molecule has 0 unspecified atom stereocenters. The minimum absolute atomic E-state index is 0.00623. The highest BCUT2D eigenvalue weighted by Gasteiger charge is 2.49. The van der Waals surface area contributed by atoms with Gasteiger partial charge in [-0.2, -0.15) is 15.2 Å². The Bertz CT molecular complexity index is 1700. The zero-order valence-electron chi connectivity index (χ0n) is 25.2. The van der Waals surface area contributed by atoms with Crippen molar-refractivity contribution in [2.24, 2.45) is 0 Å². The number of amides is 1. The van der Waals surface area contributed by atoms with E-state index in [0.717, 1.165) is 56.2 Å². The van der Waals surface area contributed by atoms with Crippen molar-refractivity contribution < 1.29 is 18.3 Å². The Balaban J connectivity index is 1.30. The number of anilines is 1. The maximum Gasteiger partial charge on any atom is 0.319 e. The van der Waals surface area contributed by atoms with Crippen LogP contribution in [0.2, 0.25) is 0 Å². The van der Waals surface area contributed by atoms with E-state index in [2.05, 4.69) is 32.5 Å². The van der Waals surface area contributed by atoms with Crippen molar-refractivity contribution in [3.63, 3.8) is 0 Å². The fourth-order valence-electron chi connectivity index (χ4n) is 7.76. The first-order valence-electron chi connectivity index (χ1n) is 15.8. The van der Waals surface area contributed by atoms with Gasteiger partial charge < -0.3 is 14.5 Å². The van der Waals surface area contributed by atoms with E-state index in [1.165, 1.54) is 6.08 Å². The van der Waals surface area contributed by atoms with Gasteiger partial charge in [0.05, 0.1) is 29.5 Å². The average Bonchev–Trinajstić information content (AvgIpc) is 3.59. The van der Waals surface area contributed by atoms with E-state index in [1.54, 1.807) is 17.3 Å². The van der Waals surface area contributed by atoms with Crippen molar-refractivity contribution in [3.8, 4) is 23.3 Å². The van der Waals surface area contributed by atoms with E-state index in [4.69, 9.17) is 9.72 Å². The minimum atomic E-state index is -0.912. The Labute approximate surface area is 260 Å². The standard InChI is InChI=1S/C33H36F2N8O2/c1-2-27(44)43-13-12-41(19-23(43)8-10-36)31-26-17-38-29(25-16-37-15-21-6-3-4-7-24(21)25)28(35)30(26)39-32(40-31)45-20-33-9-5-11-42(33)18-22(34)14-33/h2,15-17,22-23H,1,3-9,11-14,18-20H2/t22-,23+,33+/m1/s1. The summed E-state index contributed by atoms with van der Waals surface area (Å²) in [6, 6.07) is 1.77. The second-order valence-electron chi connectivity index (χ2n) is 12.6. The van der Waals surface area contributed by atoms with Crippen molar-refractivity contribution in [3.05, 3.63) is 48.2 Å². The molecule has 0 aromatic carbocycles. The van der Waals surface area contributed by atoms with Gasteiger partial charge in [0.25, 0.3) is 0 Å². The molecule has 0 N–H and O–H groups in total. The first-order chi connectivity index (χ1) is 21.9. The largest absolute Gasteiger partial charge is 0.461 e. The summed E-state index contributed by atoms with van der Waals surface area (Å²) in [5, 5.41) is 9.92. The molecule has 45 heavy (non-hydrogen) atoms. The quantitative estimate of drug-likeness (QED) is 0.362. The van der Waals surface area contributed by atoms with Crippen LogP contribution in [0.1, 0.15) is 49.7 Å². The fraction of sp³-hybridized carbons (Fsp3) is 0.515. The molecule has 12 heteroatoms. The molecule has 3 aromatic heterocycles. The van der Waals surface area contributed by atoms with E-state index in [1.807, 2.05) is 11.1 Å². The lowest BCUT2D eigenvalue weighted by molar-refractivity contribution is -0.128. The molecule has 10 nitrogen and oxygen atoms in total. The molecular formula is C33H36F2N8O2. The third kappa shape index (κ3) is 5.27. The van der Waals surface area contributed by atoms with Gasteiger partial charge in [-0.25, -0.2) is 8.78 Å². The lowest BCUT2D eigenvalue weighted by Gasteiger charge is -2.41. The van der Waals surface area contributed by atoms with E-state index in [9.17, 15) is 14.4 Å². The van der Waals surface area contributed by atoms with Gasteiger partial charge >= 0.3 is 6.01 Å². The molecule has 1 amide bonds. The number of carbonyl (C=O) groups excluding carboxylic acids is 1. The van der Waals surface area contributed by atoms with Gasteiger partial charge in [-0.3, -0.25) is 19.7 Å². The maximum atomic E-state index is 16.6. The van der Waals surface area contributed by atoms with Gasteiger partial charge in [-0.15, -0.1) is 0 Å². The summed E-state index contributed by atoms with van der Waals surface area (Å²) in [7, 11) is 0. The zero-order chi connectivity index (χ0) is 31.1. The van der Waals surface area contributed by atoms with E-state index in [-0.39, 0.29) is 36.2 Å². The van der Waals surface area contributed by atoms with Crippen molar-refractivity contribution in [1.29, 1.82) is 5.26 Å². The van der Waals surface area contributed by atoms with Gasteiger partial charge in [0.1, 0.15) is 29.8 Å². The Morgan fingerprint density at radius 1 is 1.16 bits per heavy atom. The van der Waals surface area contributed by atoms with Crippen LogP contribution in [0.3, 0.4) is 0 Å². The smallest absolute Gasteiger partial charge is 0.319 e. The molecule has 0 saturated carbocycles. The number of pyridine rings is 2. The SMILES string of the molecule is C=CC(=O)N1CCN(c2nc(OC[C@@]34CCCN3C[C@H](F)C4)nc3c(F)c(-c4cncc5c4CCCC5)ncc23)C[C@@H]1CC#N. The number of alkyl halides is 1. The van der Waals surface area contributed by atoms with Crippen LogP contribution in [0.15, 0.2) is 31.2 Å². The number of ether oxygens (including phenoxy) is 1. The Kier molecular flexibility index (Phi) is 7.81. The zero-order valence-corrected chi connectivity index (χ0v) is 25.2. The number of aromatic nitrogens is 4. The van der Waals surface area contributed by atoms with Crippen LogP contribution in [0.4, 0.5) is 14.6 Å². The lowest BCUT2D eigenvalue weighted by atomic mass is 9.89. The topological polar surface area (TPSA) is 111 Å². The molecular weight excluding hydrogens is 578 g/mol. The maximum absolute atomic E-state index is 16.6. The number of aryl methyl sites for hydroxylation is 1. The van der Waals surface area contributed by atoms with Crippen LogP contribution in [-0.2, 0) is 17.6 Å². The van der Waals surface area contributed by atoms with Gasteiger partial charge in [-0.1, -0.05) is 6.58 Å². The monoisotopic (exact) mass is 614 g/mol. The number of hydrogen-bond donors (Lipinski definition) is 0. The normalized spacial score (nSPS) is 24.7. The summed E-state index contributed by atoms with van der Waals surface area (Å²) in [6.07, 6.45) is 11.6. The van der Waals surface area contributed by atoms with Crippen LogP contribution in [0.25, 0.3) is 22.2 Å². The molecule has 3 aliphatic heterocycles. The molecule has 4 aliphatic rings. The summed E-state index contributed by atoms with van der Waals surface area (Å²) in [4.78, 5) is 36.6. The lowest BCUT2D eigenvalue weighted by Crippen LogP contribution is -2.55. The second-order valence-corrected chi connectivity index (χ2v) is 12.6. The number of hydrogen-bond acceptors (Lipinski definition) is 9. The highest BCUT2D eigenvalue weighted by Crippen LogP contribution is 2.41. The van der Waals surface area contributed by atoms with Crippen LogP contribution in [0, 0.1) is 17.1 Å². The number of rotatable bonds is 7. The molecule has 6 heterocycles. The Morgan fingerprint density at radius 3 is 2.87 bits per heavy atom. The molecule has 3 saturated heterocycles. The molecule has 0 radical (unpaired) electrons. The molecule has 3 atom stereocenters. The number of halogens is 2. The summed E-state index contributed by atoms with van der Waals surface area (Å²) in [5.74, 6) is -0.404. The molecule has 0 spiro atoms. The predicted molar refractivity (Wildman–Crippen MR) is 164 cm³/mol. The third-order valence-electron chi connectivity index (χ3n) is 9.97. The molecule has 7 rings (SSSR count). The molecule has 1 aliphatic carbocycles. The summed E-state index contributed by atoms with van der Waals surface area (Å²) in [6.45, 7) is 6.05. The highest BCUT2D eigenvalue weighted by molar-refractivity contribution is 5.92. The van der Waals surface area contributed by atoms with Crippen LogP contribution in [-0.4, -0.2) is 92.7 Å². The minimum Gasteiger partial charge on any atom is -0.461 e. The Morgan fingerprint density at radius 2 is 2.02 bits per heavy atom. The molecule has 0 bridgehead atoms. The van der Waals surface area contributed by atoms with E-state index in [0.29, 0.717) is 49.4 Å². The van der Waals surface area contributed by atoms with E-state index >= 15 is 4.39 Å². The number of nitrogens with zero attached hydrogens (tertiary/aromatic N) is 8. The van der Waals surface area contributed by atoms with Crippen LogP contribution in [0.5, 0.6) is 6.01 Å². The summed E-state index contributed by atoms with van der Waals surface area (Å²) in [5.41, 5.74) is 2.68. The van der Waals surface area contributed by atoms with Gasteiger partial charge in [-0.05, 0) is 62.3 Å². The molecule has 3 fully saturated rings.